The van der Waals surface area contributed by atoms with Gasteiger partial charge in [0.25, 0.3) is 11.1 Å². The molecule has 2 fully saturated rings. The van der Waals surface area contributed by atoms with Crippen molar-refractivity contribution in [2.75, 3.05) is 26.2 Å². The minimum absolute atomic E-state index is 0.197. The second-order valence-corrected chi connectivity index (χ2v) is 11.2. The maximum Gasteiger partial charge on any atom is 0.294 e. The maximum atomic E-state index is 13.0. The van der Waals surface area contributed by atoms with E-state index in [4.69, 9.17) is 21.1 Å². The molecule has 2 aromatic rings. The Kier molecular flexibility index (Phi) is 9.21. The van der Waals surface area contributed by atoms with Crippen LogP contribution in [0.15, 0.2) is 45.8 Å². The van der Waals surface area contributed by atoms with Gasteiger partial charge in [-0.3, -0.25) is 19.3 Å². The average molecular weight is 608 g/mol. The normalized spacial score (nSPS) is 17.6. The lowest BCUT2D eigenvalue weighted by atomic mass is 9.99. The van der Waals surface area contributed by atoms with E-state index in [0.717, 1.165) is 35.1 Å². The third kappa shape index (κ3) is 6.69. The van der Waals surface area contributed by atoms with Crippen molar-refractivity contribution in [3.05, 3.63) is 61.9 Å². The zero-order chi connectivity index (χ0) is 26.5. The molecule has 0 atom stereocenters. The fourth-order valence-corrected chi connectivity index (χ4v) is 5.72. The lowest BCUT2D eigenvalue weighted by Crippen LogP contribution is -2.45. The molecule has 0 bridgehead atoms. The summed E-state index contributed by atoms with van der Waals surface area (Å²) in [5.41, 5.74) is 1.49. The second kappa shape index (κ2) is 12.4. The number of amides is 3. The van der Waals surface area contributed by atoms with Crippen LogP contribution in [0.4, 0.5) is 4.79 Å². The standard InChI is InChI=1S/C27H28BrClN2O5S/c1-3-35-22-13-18(12-20(28)25(22)36-16-19-6-4-5-7-21(19)29)14-23-26(33)31(27(34)37-23)15-24(32)30-10-8-17(2)9-11-30/h4-7,12-14,17H,3,8-11,15-16H2,1-2H3/b23-14+. The van der Waals surface area contributed by atoms with Crippen molar-refractivity contribution in [3.8, 4) is 11.5 Å². The van der Waals surface area contributed by atoms with Crippen LogP contribution in [0.2, 0.25) is 5.02 Å². The first-order chi connectivity index (χ1) is 17.8. The lowest BCUT2D eigenvalue weighted by Gasteiger charge is -2.31. The van der Waals surface area contributed by atoms with Crippen molar-refractivity contribution in [3.63, 3.8) is 0 Å². The van der Waals surface area contributed by atoms with Crippen LogP contribution in [0.1, 0.15) is 37.8 Å². The Balaban J connectivity index is 1.49. The van der Waals surface area contributed by atoms with Crippen LogP contribution < -0.4 is 9.47 Å². The van der Waals surface area contributed by atoms with Gasteiger partial charge in [0, 0.05) is 23.7 Å². The highest BCUT2D eigenvalue weighted by molar-refractivity contribution is 9.10. The van der Waals surface area contributed by atoms with Gasteiger partial charge in [0.05, 0.1) is 16.0 Å². The zero-order valence-corrected chi connectivity index (χ0v) is 23.8. The summed E-state index contributed by atoms with van der Waals surface area (Å²) in [6.45, 7) is 5.77. The Morgan fingerprint density at radius 2 is 1.92 bits per heavy atom. The van der Waals surface area contributed by atoms with Crippen LogP contribution in [-0.2, 0) is 16.2 Å². The van der Waals surface area contributed by atoms with Crippen LogP contribution in [-0.4, -0.2) is 53.1 Å². The molecule has 2 heterocycles. The first-order valence-electron chi connectivity index (χ1n) is 12.1. The Morgan fingerprint density at radius 3 is 2.62 bits per heavy atom. The molecule has 7 nitrogen and oxygen atoms in total. The van der Waals surface area contributed by atoms with Crippen molar-refractivity contribution in [2.45, 2.75) is 33.3 Å². The minimum Gasteiger partial charge on any atom is -0.490 e. The molecule has 10 heteroatoms. The summed E-state index contributed by atoms with van der Waals surface area (Å²) in [5.74, 6) is 0.911. The highest BCUT2D eigenvalue weighted by atomic mass is 79.9. The second-order valence-electron chi connectivity index (χ2n) is 8.97. The molecule has 2 saturated heterocycles. The molecule has 0 aromatic heterocycles. The summed E-state index contributed by atoms with van der Waals surface area (Å²) in [6.07, 6.45) is 3.49. The van der Waals surface area contributed by atoms with Crippen molar-refractivity contribution in [2.24, 2.45) is 5.92 Å². The number of thioether (sulfide) groups is 1. The van der Waals surface area contributed by atoms with Gasteiger partial charge in [0.1, 0.15) is 13.2 Å². The van der Waals surface area contributed by atoms with E-state index in [9.17, 15) is 14.4 Å². The summed E-state index contributed by atoms with van der Waals surface area (Å²) in [5, 5.41) is 0.163. The number of carbonyl (C=O) groups is 3. The molecule has 196 valence electrons. The predicted molar refractivity (Wildman–Crippen MR) is 149 cm³/mol. The van der Waals surface area contributed by atoms with Crippen LogP contribution in [0, 0.1) is 5.92 Å². The van der Waals surface area contributed by atoms with Crippen LogP contribution in [0.3, 0.4) is 0 Å². The highest BCUT2D eigenvalue weighted by Crippen LogP contribution is 2.40. The number of nitrogens with zero attached hydrogens (tertiary/aromatic N) is 2. The van der Waals surface area contributed by atoms with Gasteiger partial charge in [-0.05, 0) is 83.2 Å². The van der Waals surface area contributed by atoms with Crippen molar-refractivity contribution >= 4 is 62.4 Å². The van der Waals surface area contributed by atoms with Gasteiger partial charge >= 0.3 is 0 Å². The molecule has 0 saturated carbocycles. The van der Waals surface area contributed by atoms with E-state index in [1.54, 1.807) is 29.2 Å². The Hall–Kier alpha value is -2.49. The van der Waals surface area contributed by atoms with E-state index in [1.807, 2.05) is 25.1 Å². The molecule has 0 unspecified atom stereocenters. The molecule has 2 aliphatic rings. The molecule has 0 radical (unpaired) electrons. The molecule has 2 aliphatic heterocycles. The number of carbonyl (C=O) groups excluding carboxylic acids is 3. The van der Waals surface area contributed by atoms with Crippen LogP contribution in [0.25, 0.3) is 6.08 Å². The summed E-state index contributed by atoms with van der Waals surface area (Å²) in [7, 11) is 0. The number of piperidine rings is 1. The van der Waals surface area contributed by atoms with Gasteiger partial charge < -0.3 is 14.4 Å². The van der Waals surface area contributed by atoms with Gasteiger partial charge in [0.15, 0.2) is 11.5 Å². The number of rotatable bonds is 8. The van der Waals surface area contributed by atoms with Crippen molar-refractivity contribution in [1.82, 2.24) is 9.80 Å². The average Bonchev–Trinajstić information content (AvgIpc) is 3.12. The fraction of sp³-hybridized carbons (Fsp3) is 0.370. The van der Waals surface area contributed by atoms with E-state index in [1.165, 1.54) is 0 Å². The Labute approximate surface area is 234 Å². The quantitative estimate of drug-likeness (QED) is 0.325. The predicted octanol–water partition coefficient (Wildman–Crippen LogP) is 6.38. The van der Waals surface area contributed by atoms with Gasteiger partial charge in [-0.1, -0.05) is 36.7 Å². The number of halogens is 2. The molecule has 0 aliphatic carbocycles. The number of imide groups is 1. The van der Waals surface area contributed by atoms with E-state index in [2.05, 4.69) is 22.9 Å². The minimum atomic E-state index is -0.471. The van der Waals surface area contributed by atoms with Gasteiger partial charge in [-0.2, -0.15) is 0 Å². The van der Waals surface area contributed by atoms with Gasteiger partial charge in [-0.15, -0.1) is 0 Å². The molecule has 3 amide bonds. The van der Waals surface area contributed by atoms with Crippen LogP contribution in [0.5, 0.6) is 11.5 Å². The van der Waals surface area contributed by atoms with Crippen LogP contribution >= 0.6 is 39.3 Å². The van der Waals surface area contributed by atoms with E-state index >= 15 is 0 Å². The van der Waals surface area contributed by atoms with E-state index in [-0.39, 0.29) is 24.0 Å². The SMILES string of the molecule is CCOc1cc(/C=C2/SC(=O)N(CC(=O)N3CCC(C)CC3)C2=O)cc(Br)c1OCc1ccccc1Cl. The third-order valence-corrected chi connectivity index (χ3v) is 8.13. The number of benzene rings is 2. The van der Waals surface area contributed by atoms with Gasteiger partial charge in [-0.25, -0.2) is 0 Å². The van der Waals surface area contributed by atoms with Gasteiger partial charge in [0.2, 0.25) is 5.91 Å². The molecular weight excluding hydrogens is 580 g/mol. The van der Waals surface area contributed by atoms with E-state index < -0.39 is 11.1 Å². The summed E-state index contributed by atoms with van der Waals surface area (Å²) < 4.78 is 12.5. The number of likely N-dealkylation sites (tertiary alicyclic amines) is 1. The molecule has 0 N–H and O–H groups in total. The highest BCUT2D eigenvalue weighted by Gasteiger charge is 2.37. The Bertz CT molecular complexity index is 1230. The molecule has 4 rings (SSSR count). The smallest absolute Gasteiger partial charge is 0.294 e. The third-order valence-electron chi connectivity index (χ3n) is 6.26. The summed E-state index contributed by atoms with van der Waals surface area (Å²) in [4.78, 5) is 41.3. The first-order valence-corrected chi connectivity index (χ1v) is 14.1. The monoisotopic (exact) mass is 606 g/mol. The molecule has 0 spiro atoms. The first kappa shape index (κ1) is 27.5. The topological polar surface area (TPSA) is 76.2 Å². The lowest BCUT2D eigenvalue weighted by molar-refractivity contribution is -0.136. The molecule has 2 aromatic carbocycles. The number of ether oxygens (including phenoxy) is 2. The van der Waals surface area contributed by atoms with E-state index in [0.29, 0.717) is 52.2 Å². The van der Waals surface area contributed by atoms with Crippen molar-refractivity contribution in [1.29, 1.82) is 0 Å². The number of hydrogen-bond acceptors (Lipinski definition) is 6. The fourth-order valence-electron chi connectivity index (χ4n) is 4.12. The molecular formula is C27H28BrClN2O5S. The van der Waals surface area contributed by atoms with Crippen molar-refractivity contribution < 1.29 is 23.9 Å². The number of hydrogen-bond donors (Lipinski definition) is 0. The largest absolute Gasteiger partial charge is 0.490 e. The Morgan fingerprint density at radius 1 is 1.19 bits per heavy atom. The molecule has 37 heavy (non-hydrogen) atoms. The summed E-state index contributed by atoms with van der Waals surface area (Å²) >= 11 is 10.6. The zero-order valence-electron chi connectivity index (χ0n) is 20.7. The maximum absolute atomic E-state index is 13.0. The summed E-state index contributed by atoms with van der Waals surface area (Å²) in [6, 6.07) is 11.0.